The lowest BCUT2D eigenvalue weighted by molar-refractivity contribution is 0.204. The molecule has 0 amide bonds. The SMILES string of the molecule is COCCNS(=O)(=O)Nc1nc(-c2ccc(N)cc2)cs1. The molecule has 0 radical (unpaired) electrons. The molecule has 21 heavy (non-hydrogen) atoms. The Hall–Kier alpha value is -1.68. The lowest BCUT2D eigenvalue weighted by Gasteiger charge is -2.06. The van der Waals surface area contributed by atoms with Crippen LogP contribution < -0.4 is 15.2 Å². The number of hydrogen-bond donors (Lipinski definition) is 3. The average Bonchev–Trinajstić information content (AvgIpc) is 2.87. The van der Waals surface area contributed by atoms with Gasteiger partial charge >= 0.3 is 10.2 Å². The van der Waals surface area contributed by atoms with E-state index in [1.165, 1.54) is 18.4 Å². The molecule has 1 aromatic heterocycles. The van der Waals surface area contributed by atoms with Crippen LogP contribution in [0.4, 0.5) is 10.8 Å². The Morgan fingerprint density at radius 2 is 2.05 bits per heavy atom. The Kier molecular flexibility index (Phi) is 5.12. The summed E-state index contributed by atoms with van der Waals surface area (Å²) in [7, 11) is -2.13. The standard InChI is InChI=1S/C12H16N4O3S2/c1-19-7-6-14-21(17,18)16-12-15-11(8-20-12)9-2-4-10(13)5-3-9/h2-5,8,14H,6-7,13H2,1H3,(H,15,16). The predicted octanol–water partition coefficient (Wildman–Crippen LogP) is 1.28. The summed E-state index contributed by atoms with van der Waals surface area (Å²) in [5.74, 6) is 0. The van der Waals surface area contributed by atoms with Crippen LogP contribution in [-0.2, 0) is 14.9 Å². The molecule has 0 atom stereocenters. The summed E-state index contributed by atoms with van der Waals surface area (Å²) >= 11 is 1.21. The summed E-state index contributed by atoms with van der Waals surface area (Å²) in [6.07, 6.45) is 0. The molecular formula is C12H16N4O3S2. The van der Waals surface area contributed by atoms with Gasteiger partial charge in [0.25, 0.3) is 0 Å². The summed E-state index contributed by atoms with van der Waals surface area (Å²) in [4.78, 5) is 4.24. The van der Waals surface area contributed by atoms with Crippen molar-refractivity contribution >= 4 is 32.4 Å². The topological polar surface area (TPSA) is 106 Å². The van der Waals surface area contributed by atoms with Crippen LogP contribution in [-0.4, -0.2) is 33.7 Å². The van der Waals surface area contributed by atoms with Gasteiger partial charge in [0, 0.05) is 30.3 Å². The van der Waals surface area contributed by atoms with E-state index in [2.05, 4.69) is 14.4 Å². The molecule has 1 aromatic carbocycles. The van der Waals surface area contributed by atoms with Crippen molar-refractivity contribution in [2.45, 2.75) is 0 Å². The third-order valence-electron chi connectivity index (χ3n) is 2.53. The van der Waals surface area contributed by atoms with Gasteiger partial charge < -0.3 is 10.5 Å². The number of ether oxygens (including phenoxy) is 1. The maximum absolute atomic E-state index is 11.7. The molecule has 4 N–H and O–H groups in total. The van der Waals surface area contributed by atoms with Crippen LogP contribution in [0.25, 0.3) is 11.3 Å². The third-order valence-corrected chi connectivity index (χ3v) is 4.46. The first-order valence-corrected chi connectivity index (χ1v) is 8.44. The number of nitrogens with two attached hydrogens (primary N) is 1. The second-order valence-electron chi connectivity index (χ2n) is 4.15. The molecule has 0 unspecified atom stereocenters. The second-order valence-corrected chi connectivity index (χ2v) is 6.51. The maximum atomic E-state index is 11.7. The van der Waals surface area contributed by atoms with E-state index in [4.69, 9.17) is 10.5 Å². The fourth-order valence-electron chi connectivity index (χ4n) is 1.54. The number of nitrogens with one attached hydrogen (secondary N) is 2. The number of hydrogen-bond acceptors (Lipinski definition) is 6. The van der Waals surface area contributed by atoms with Crippen molar-refractivity contribution in [2.24, 2.45) is 0 Å². The van der Waals surface area contributed by atoms with Gasteiger partial charge in [-0.2, -0.15) is 13.1 Å². The van der Waals surface area contributed by atoms with Crippen LogP contribution in [0.3, 0.4) is 0 Å². The first kappa shape index (κ1) is 15.7. The van der Waals surface area contributed by atoms with E-state index in [1.807, 2.05) is 12.1 Å². The zero-order valence-corrected chi connectivity index (χ0v) is 13.0. The largest absolute Gasteiger partial charge is 0.399 e. The molecule has 9 heteroatoms. The average molecular weight is 328 g/mol. The van der Waals surface area contributed by atoms with Crippen LogP contribution in [0.15, 0.2) is 29.6 Å². The zero-order valence-electron chi connectivity index (χ0n) is 11.4. The summed E-state index contributed by atoms with van der Waals surface area (Å²) < 4.78 is 33.0. The van der Waals surface area contributed by atoms with Crippen LogP contribution in [0, 0.1) is 0 Å². The number of rotatable bonds is 7. The van der Waals surface area contributed by atoms with Crippen LogP contribution in [0.1, 0.15) is 0 Å². The second kappa shape index (κ2) is 6.85. The molecule has 0 saturated carbocycles. The van der Waals surface area contributed by atoms with Gasteiger partial charge in [0.05, 0.1) is 12.3 Å². The number of benzene rings is 1. The van der Waals surface area contributed by atoms with Gasteiger partial charge in [0.2, 0.25) is 0 Å². The van der Waals surface area contributed by atoms with Gasteiger partial charge in [-0.15, -0.1) is 11.3 Å². The number of anilines is 2. The first-order chi connectivity index (χ1) is 10.00. The van der Waals surface area contributed by atoms with Gasteiger partial charge in [-0.1, -0.05) is 12.1 Å². The van der Waals surface area contributed by atoms with E-state index in [0.717, 1.165) is 5.56 Å². The molecule has 1 heterocycles. The molecular weight excluding hydrogens is 312 g/mol. The van der Waals surface area contributed by atoms with Gasteiger partial charge in [-0.05, 0) is 12.1 Å². The molecule has 0 spiro atoms. The highest BCUT2D eigenvalue weighted by Crippen LogP contribution is 2.25. The van der Waals surface area contributed by atoms with E-state index in [-0.39, 0.29) is 6.54 Å². The molecule has 0 aliphatic rings. The van der Waals surface area contributed by atoms with Gasteiger partial charge in [0.15, 0.2) is 5.13 Å². The third kappa shape index (κ3) is 4.67. The first-order valence-electron chi connectivity index (χ1n) is 6.08. The quantitative estimate of drug-likeness (QED) is 0.524. The molecule has 2 aromatic rings. The minimum absolute atomic E-state index is 0.196. The summed E-state index contributed by atoms with van der Waals surface area (Å²) in [6, 6.07) is 7.20. The van der Waals surface area contributed by atoms with Gasteiger partial charge in [-0.3, -0.25) is 0 Å². The van der Waals surface area contributed by atoms with Crippen molar-refractivity contribution in [2.75, 3.05) is 30.7 Å². The smallest absolute Gasteiger partial charge is 0.300 e. The van der Waals surface area contributed by atoms with Crippen molar-refractivity contribution in [3.8, 4) is 11.3 Å². The van der Waals surface area contributed by atoms with Crippen molar-refractivity contribution in [1.82, 2.24) is 9.71 Å². The Bertz CT molecular complexity index is 683. The lowest BCUT2D eigenvalue weighted by Crippen LogP contribution is -2.32. The predicted molar refractivity (Wildman–Crippen MR) is 84.4 cm³/mol. The summed E-state index contributed by atoms with van der Waals surface area (Å²) in [6.45, 7) is 0.498. The Labute approximate surface area is 127 Å². The van der Waals surface area contributed by atoms with Gasteiger partial charge in [0.1, 0.15) is 0 Å². The minimum Gasteiger partial charge on any atom is -0.399 e. The van der Waals surface area contributed by atoms with Gasteiger partial charge in [-0.25, -0.2) is 9.71 Å². The fourth-order valence-corrected chi connectivity index (χ4v) is 3.32. The Morgan fingerprint density at radius 1 is 1.33 bits per heavy atom. The number of aromatic nitrogens is 1. The molecule has 0 aliphatic carbocycles. The van der Waals surface area contributed by atoms with Crippen molar-refractivity contribution < 1.29 is 13.2 Å². The number of nitrogens with zero attached hydrogens (tertiary/aromatic N) is 1. The number of nitrogen functional groups attached to an aromatic ring is 1. The van der Waals surface area contributed by atoms with E-state index >= 15 is 0 Å². The normalized spacial score (nSPS) is 11.5. The number of thiazole rings is 1. The Morgan fingerprint density at radius 3 is 2.71 bits per heavy atom. The highest BCUT2D eigenvalue weighted by atomic mass is 32.2. The van der Waals surface area contributed by atoms with Crippen molar-refractivity contribution in [1.29, 1.82) is 0 Å². The molecule has 0 aliphatic heterocycles. The maximum Gasteiger partial charge on any atom is 0.300 e. The lowest BCUT2D eigenvalue weighted by atomic mass is 10.2. The molecule has 2 rings (SSSR count). The number of methoxy groups -OCH3 is 1. The highest BCUT2D eigenvalue weighted by molar-refractivity contribution is 7.91. The van der Waals surface area contributed by atoms with E-state index in [9.17, 15) is 8.42 Å². The molecule has 0 saturated heterocycles. The summed E-state index contributed by atoms with van der Waals surface area (Å²) in [5.41, 5.74) is 7.85. The fraction of sp³-hybridized carbons (Fsp3) is 0.250. The zero-order chi connectivity index (χ0) is 15.3. The Balaban J connectivity index is 2.04. The molecule has 0 fully saturated rings. The van der Waals surface area contributed by atoms with Crippen LogP contribution in [0.5, 0.6) is 0 Å². The van der Waals surface area contributed by atoms with E-state index < -0.39 is 10.2 Å². The van der Waals surface area contributed by atoms with Crippen LogP contribution in [0.2, 0.25) is 0 Å². The molecule has 114 valence electrons. The minimum atomic E-state index is -3.63. The molecule has 0 bridgehead atoms. The monoisotopic (exact) mass is 328 g/mol. The van der Waals surface area contributed by atoms with Crippen molar-refractivity contribution in [3.63, 3.8) is 0 Å². The van der Waals surface area contributed by atoms with E-state index in [1.54, 1.807) is 17.5 Å². The van der Waals surface area contributed by atoms with Crippen LogP contribution >= 0.6 is 11.3 Å². The van der Waals surface area contributed by atoms with E-state index in [0.29, 0.717) is 23.1 Å². The van der Waals surface area contributed by atoms with Crippen molar-refractivity contribution in [3.05, 3.63) is 29.6 Å². The summed E-state index contributed by atoms with van der Waals surface area (Å²) in [5, 5.41) is 2.07. The highest BCUT2D eigenvalue weighted by Gasteiger charge is 2.12. The molecule has 7 nitrogen and oxygen atoms in total.